The van der Waals surface area contributed by atoms with E-state index in [-0.39, 0.29) is 12.7 Å². The molecule has 0 radical (unpaired) electrons. The molecule has 1 N–H and O–H groups in total. The van der Waals surface area contributed by atoms with E-state index in [2.05, 4.69) is 5.32 Å². The highest BCUT2D eigenvalue weighted by atomic mass is 16.7. The van der Waals surface area contributed by atoms with Gasteiger partial charge in [0.15, 0.2) is 11.5 Å². The molecule has 0 saturated heterocycles. The first-order chi connectivity index (χ1) is 14.5. The first kappa shape index (κ1) is 17.8. The number of ether oxygens (including phenoxy) is 2. The minimum absolute atomic E-state index is 0.0917. The average Bonchev–Trinajstić information content (AvgIpc) is 3.22. The fourth-order valence-corrected chi connectivity index (χ4v) is 3.64. The number of para-hydroxylation sites is 1. The van der Waals surface area contributed by atoms with Gasteiger partial charge in [0.05, 0.1) is 16.2 Å². The molecule has 2 aliphatic heterocycles. The molecule has 9 nitrogen and oxygen atoms in total. The van der Waals surface area contributed by atoms with Crippen LogP contribution in [0.15, 0.2) is 60.7 Å². The molecular weight excluding hydrogens is 390 g/mol. The number of anilines is 2. The molecule has 1 atom stereocenters. The van der Waals surface area contributed by atoms with Crippen LogP contribution in [-0.2, 0) is 0 Å². The number of nitrogens with one attached hydrogen (secondary N) is 1. The van der Waals surface area contributed by atoms with Crippen LogP contribution in [0, 0.1) is 10.1 Å². The predicted molar refractivity (Wildman–Crippen MR) is 105 cm³/mol. The van der Waals surface area contributed by atoms with Crippen molar-refractivity contribution in [2.45, 2.75) is 6.17 Å². The van der Waals surface area contributed by atoms with Crippen LogP contribution in [0.2, 0.25) is 0 Å². The fraction of sp³-hybridized carbons (Fsp3) is 0.0952. The summed E-state index contributed by atoms with van der Waals surface area (Å²) in [5.41, 5.74) is 1.43. The number of carbonyl (C=O) groups is 1. The lowest BCUT2D eigenvalue weighted by Gasteiger charge is -2.38. The van der Waals surface area contributed by atoms with Crippen LogP contribution in [0.5, 0.6) is 17.2 Å². The van der Waals surface area contributed by atoms with Crippen molar-refractivity contribution in [1.82, 2.24) is 0 Å². The summed E-state index contributed by atoms with van der Waals surface area (Å²) in [5, 5.41) is 26.4. The van der Waals surface area contributed by atoms with Crippen LogP contribution < -0.4 is 24.8 Å². The topological polar surface area (TPSA) is 117 Å². The molecular formula is C21H14N3O6-. The second-order valence-electron chi connectivity index (χ2n) is 6.79. The zero-order valence-electron chi connectivity index (χ0n) is 15.4. The second kappa shape index (κ2) is 6.66. The molecule has 5 rings (SSSR count). The number of carbonyl (C=O) groups excluding carboxylic acids is 1. The molecule has 1 amide bonds. The number of benzene rings is 3. The van der Waals surface area contributed by atoms with Crippen LogP contribution in [0.3, 0.4) is 0 Å². The fourth-order valence-electron chi connectivity index (χ4n) is 3.64. The number of amides is 1. The van der Waals surface area contributed by atoms with E-state index >= 15 is 0 Å². The minimum atomic E-state index is -0.771. The van der Waals surface area contributed by atoms with Gasteiger partial charge in [-0.25, -0.2) is 0 Å². The number of hydrogen-bond acceptors (Lipinski definition) is 7. The first-order valence-corrected chi connectivity index (χ1v) is 9.07. The van der Waals surface area contributed by atoms with E-state index in [9.17, 15) is 20.0 Å². The number of fused-ring (bicyclic) bond motifs is 2. The summed E-state index contributed by atoms with van der Waals surface area (Å²) in [6.45, 7) is 0.0917. The lowest BCUT2D eigenvalue weighted by Crippen LogP contribution is -2.43. The summed E-state index contributed by atoms with van der Waals surface area (Å²) < 4.78 is 10.8. The molecule has 0 bridgehead atoms. The highest BCUT2D eigenvalue weighted by Gasteiger charge is 2.35. The summed E-state index contributed by atoms with van der Waals surface area (Å²) in [5.74, 6) is 0.0845. The highest BCUT2D eigenvalue weighted by molar-refractivity contribution is 6.12. The van der Waals surface area contributed by atoms with Gasteiger partial charge in [0.2, 0.25) is 6.79 Å². The van der Waals surface area contributed by atoms with Crippen molar-refractivity contribution in [3.8, 4) is 17.2 Å². The molecule has 0 aromatic heterocycles. The number of hydrogen-bond donors (Lipinski definition) is 1. The molecule has 30 heavy (non-hydrogen) atoms. The van der Waals surface area contributed by atoms with Gasteiger partial charge >= 0.3 is 0 Å². The Hall–Kier alpha value is -4.27. The van der Waals surface area contributed by atoms with Gasteiger partial charge in [0.1, 0.15) is 6.17 Å². The van der Waals surface area contributed by atoms with Gasteiger partial charge in [-0.1, -0.05) is 24.3 Å². The molecule has 3 aromatic carbocycles. The quantitative estimate of drug-likeness (QED) is 0.526. The second-order valence-corrected chi connectivity index (χ2v) is 6.79. The van der Waals surface area contributed by atoms with Crippen LogP contribution in [0.4, 0.5) is 17.1 Å². The molecule has 9 heteroatoms. The van der Waals surface area contributed by atoms with E-state index in [1.165, 1.54) is 17.0 Å². The smallest absolute Gasteiger partial charge is 0.262 e. The van der Waals surface area contributed by atoms with Gasteiger partial charge in [0.25, 0.3) is 11.6 Å². The molecule has 0 saturated carbocycles. The van der Waals surface area contributed by atoms with Crippen molar-refractivity contribution >= 4 is 23.0 Å². The Morgan fingerprint density at radius 2 is 1.83 bits per heavy atom. The molecule has 0 aliphatic carbocycles. The van der Waals surface area contributed by atoms with Crippen LogP contribution in [-0.4, -0.2) is 17.6 Å². The van der Waals surface area contributed by atoms with Gasteiger partial charge in [-0.2, -0.15) is 0 Å². The van der Waals surface area contributed by atoms with E-state index in [1.807, 2.05) is 0 Å². The Kier molecular flexibility index (Phi) is 3.95. The third kappa shape index (κ3) is 2.75. The largest absolute Gasteiger partial charge is 0.868 e. The van der Waals surface area contributed by atoms with Crippen molar-refractivity contribution in [3.05, 3.63) is 81.9 Å². The van der Waals surface area contributed by atoms with Crippen molar-refractivity contribution < 1.29 is 24.3 Å². The summed E-state index contributed by atoms with van der Waals surface area (Å²) in [7, 11) is 0. The maximum absolute atomic E-state index is 13.4. The van der Waals surface area contributed by atoms with E-state index in [1.54, 1.807) is 42.5 Å². The Balaban J connectivity index is 1.66. The maximum atomic E-state index is 13.4. The predicted octanol–water partition coefficient (Wildman–Crippen LogP) is 3.17. The van der Waals surface area contributed by atoms with Crippen LogP contribution >= 0.6 is 0 Å². The van der Waals surface area contributed by atoms with Gasteiger partial charge in [0, 0.05) is 23.4 Å². The van der Waals surface area contributed by atoms with Gasteiger partial charge in [-0.15, -0.1) is 0 Å². The zero-order chi connectivity index (χ0) is 20.8. The van der Waals surface area contributed by atoms with E-state index in [0.29, 0.717) is 34.0 Å². The Bertz CT molecular complexity index is 1200. The van der Waals surface area contributed by atoms with E-state index in [4.69, 9.17) is 9.47 Å². The maximum Gasteiger partial charge on any atom is 0.262 e. The lowest BCUT2D eigenvalue weighted by molar-refractivity contribution is -0.398. The number of nitro groups is 1. The molecule has 0 spiro atoms. The van der Waals surface area contributed by atoms with Crippen molar-refractivity contribution in [2.75, 3.05) is 17.0 Å². The van der Waals surface area contributed by atoms with Gasteiger partial charge in [-0.3, -0.25) is 19.8 Å². The Morgan fingerprint density at radius 3 is 2.67 bits per heavy atom. The van der Waals surface area contributed by atoms with Gasteiger partial charge in [-0.05, 0) is 30.0 Å². The average molecular weight is 404 g/mol. The van der Waals surface area contributed by atoms with E-state index < -0.39 is 22.5 Å². The van der Waals surface area contributed by atoms with Crippen molar-refractivity contribution in [3.63, 3.8) is 0 Å². The lowest BCUT2D eigenvalue weighted by atomic mass is 10.0. The summed E-state index contributed by atoms with van der Waals surface area (Å²) in [6, 6.07) is 15.9. The van der Waals surface area contributed by atoms with Gasteiger partial charge < -0.3 is 19.9 Å². The van der Waals surface area contributed by atoms with Crippen LogP contribution in [0.1, 0.15) is 22.1 Å². The molecule has 150 valence electrons. The number of rotatable bonds is 3. The molecule has 2 aliphatic rings. The third-order valence-electron chi connectivity index (χ3n) is 5.06. The SMILES string of the molecule is O=C1c2ccccc2N[C@H](c2ccc([O-])c([N+](=O)[O-])c2)N1c1ccc2c(c1)OCO2. The van der Waals surface area contributed by atoms with Crippen LogP contribution in [0.25, 0.3) is 0 Å². The molecule has 3 aromatic rings. The summed E-state index contributed by atoms with van der Waals surface area (Å²) >= 11 is 0. The standard InChI is InChI=1S/C21H15N3O6/c25-17-7-5-12(9-16(17)24(27)28)20-22-15-4-2-1-3-14(15)21(26)23(20)13-6-8-18-19(10-13)30-11-29-18/h1-10,20,22,25H,11H2/p-1/t20-/m0/s1. The monoisotopic (exact) mass is 404 g/mol. The Morgan fingerprint density at radius 1 is 1.03 bits per heavy atom. The number of nitro benzene ring substituents is 1. The molecule has 0 unspecified atom stereocenters. The third-order valence-corrected chi connectivity index (χ3v) is 5.06. The highest BCUT2D eigenvalue weighted by Crippen LogP contribution is 2.42. The molecule has 0 fully saturated rings. The Labute approximate surface area is 170 Å². The van der Waals surface area contributed by atoms with E-state index in [0.717, 1.165) is 6.07 Å². The zero-order valence-corrected chi connectivity index (χ0v) is 15.4. The summed E-state index contributed by atoms with van der Waals surface area (Å²) in [4.78, 5) is 25.4. The molecule has 2 heterocycles. The minimum Gasteiger partial charge on any atom is -0.868 e. The van der Waals surface area contributed by atoms with Crippen molar-refractivity contribution in [1.29, 1.82) is 0 Å². The normalized spacial score (nSPS) is 16.7. The number of nitrogens with zero attached hydrogens (tertiary/aromatic N) is 2. The first-order valence-electron chi connectivity index (χ1n) is 9.07. The van der Waals surface area contributed by atoms with Crippen molar-refractivity contribution in [2.24, 2.45) is 0 Å². The summed E-state index contributed by atoms with van der Waals surface area (Å²) in [6.07, 6.45) is -0.771.